The van der Waals surface area contributed by atoms with Crippen LogP contribution in [0.15, 0.2) is 11.3 Å². The number of carbonyl (C=O) groups is 5. The van der Waals surface area contributed by atoms with Gasteiger partial charge in [0.2, 0.25) is 5.91 Å². The van der Waals surface area contributed by atoms with Crippen LogP contribution in [0.3, 0.4) is 0 Å². The average molecular weight is 1070 g/mol. The number of thiol groups is 1. The highest BCUT2D eigenvalue weighted by atomic mass is 32.1. The SMILES string of the molecule is CCCCCCCCC(CCCCCC)C(=O)OCCCCCCN(CCCCCCOC(=O)C(CCCCCC)CCCCCCCC)CCOC(=O)C(N)CCC(=O)NC(CS)C(NCC(=O)O)=C1CCC1. The number of carboxylic acid groups (broad SMARTS) is 1. The fourth-order valence-corrected chi connectivity index (χ4v) is 10.1. The lowest BCUT2D eigenvalue weighted by Crippen LogP contribution is -2.44. The van der Waals surface area contributed by atoms with Crippen molar-refractivity contribution in [3.63, 3.8) is 0 Å². The van der Waals surface area contributed by atoms with Crippen LogP contribution in [0, 0.1) is 11.8 Å². The van der Waals surface area contributed by atoms with E-state index < -0.39 is 24.0 Å². The fourth-order valence-electron chi connectivity index (χ4n) is 9.79. The Labute approximate surface area is 457 Å². The molecule has 1 fully saturated rings. The van der Waals surface area contributed by atoms with Gasteiger partial charge in [0.1, 0.15) is 19.2 Å². The molecule has 432 valence electrons. The Morgan fingerprint density at radius 2 is 0.946 bits per heavy atom. The van der Waals surface area contributed by atoms with Crippen molar-refractivity contribution in [3.8, 4) is 0 Å². The number of amides is 1. The highest BCUT2D eigenvalue weighted by Gasteiger charge is 2.25. The molecule has 0 aromatic rings. The Balaban J connectivity index is 2.70. The van der Waals surface area contributed by atoms with Crippen LogP contribution in [0.4, 0.5) is 0 Å². The second-order valence-corrected chi connectivity index (χ2v) is 21.8. The van der Waals surface area contributed by atoms with Crippen molar-refractivity contribution in [2.45, 2.75) is 277 Å². The lowest BCUT2D eigenvalue weighted by molar-refractivity contribution is -0.150. The van der Waals surface area contributed by atoms with E-state index in [1.807, 2.05) is 0 Å². The molecule has 4 unspecified atom stereocenters. The van der Waals surface area contributed by atoms with Gasteiger partial charge >= 0.3 is 23.9 Å². The van der Waals surface area contributed by atoms with E-state index in [9.17, 15) is 29.1 Å². The third kappa shape index (κ3) is 37.0. The summed E-state index contributed by atoms with van der Waals surface area (Å²) in [5.74, 6) is -1.51. The van der Waals surface area contributed by atoms with Crippen LogP contribution in [0.5, 0.6) is 0 Å². The third-order valence-corrected chi connectivity index (χ3v) is 15.2. The van der Waals surface area contributed by atoms with Gasteiger partial charge in [-0.15, -0.1) is 0 Å². The molecule has 14 heteroatoms. The van der Waals surface area contributed by atoms with E-state index in [0.717, 1.165) is 141 Å². The van der Waals surface area contributed by atoms with Crippen LogP contribution in [-0.2, 0) is 38.2 Å². The molecule has 0 aliphatic heterocycles. The lowest BCUT2D eigenvalue weighted by Gasteiger charge is -2.28. The van der Waals surface area contributed by atoms with Gasteiger partial charge in [-0.05, 0) is 95.7 Å². The topological polar surface area (TPSA) is 187 Å². The van der Waals surface area contributed by atoms with Crippen LogP contribution < -0.4 is 16.4 Å². The number of nitrogens with one attached hydrogen (secondary N) is 2. The van der Waals surface area contributed by atoms with Crippen molar-refractivity contribution in [2.75, 3.05) is 51.8 Å². The van der Waals surface area contributed by atoms with Crippen molar-refractivity contribution in [1.82, 2.24) is 15.5 Å². The summed E-state index contributed by atoms with van der Waals surface area (Å²) in [5.41, 5.74) is 8.04. The number of unbranched alkanes of at least 4 members (excludes halogenated alkanes) is 22. The predicted molar refractivity (Wildman–Crippen MR) is 306 cm³/mol. The molecule has 1 saturated carbocycles. The van der Waals surface area contributed by atoms with Crippen molar-refractivity contribution in [3.05, 3.63) is 11.3 Å². The molecule has 1 aliphatic carbocycles. The number of nitrogens with two attached hydrogens (primary N) is 1. The van der Waals surface area contributed by atoms with Gasteiger partial charge in [-0.2, -0.15) is 12.6 Å². The first kappa shape index (κ1) is 69.2. The van der Waals surface area contributed by atoms with E-state index in [0.29, 0.717) is 31.2 Å². The zero-order chi connectivity index (χ0) is 54.3. The predicted octanol–water partition coefficient (Wildman–Crippen LogP) is 13.3. The zero-order valence-electron chi connectivity index (χ0n) is 47.8. The third-order valence-electron chi connectivity index (χ3n) is 14.8. The molecule has 0 radical (unpaired) electrons. The minimum absolute atomic E-state index is 0.0114. The van der Waals surface area contributed by atoms with Gasteiger partial charge in [0.15, 0.2) is 0 Å². The number of allylic oxidation sites excluding steroid dienone is 1. The number of carboxylic acids is 1. The number of hydrogen-bond donors (Lipinski definition) is 5. The number of aliphatic carboxylic acids is 1. The monoisotopic (exact) mass is 1060 g/mol. The van der Waals surface area contributed by atoms with Gasteiger partial charge in [-0.25, -0.2) is 0 Å². The van der Waals surface area contributed by atoms with Crippen LogP contribution in [-0.4, -0.2) is 104 Å². The van der Waals surface area contributed by atoms with Crippen LogP contribution in [0.2, 0.25) is 0 Å². The standard InChI is InChI=1S/C60H112N4O9S/c1-5-9-13-17-19-27-36-51(34-25-15-11-7-3)58(68)71-45-31-23-21-29-42-64(43-30-22-24-32-46-72-59(69)52(35-26-16-12-8-4)37-28-20-18-14-10-6-2)44-47-73-60(70)53(61)40-41-55(65)63-54(49-74)57(50-38-33-39-50)62-48-56(66)67/h51-54,62,74H,5-49,61H2,1-4H3,(H,63,65)(H,66,67). The molecule has 1 rings (SSSR count). The maximum absolute atomic E-state index is 13.2. The van der Waals surface area contributed by atoms with E-state index >= 15 is 0 Å². The highest BCUT2D eigenvalue weighted by Crippen LogP contribution is 2.29. The normalized spacial score (nSPS) is 14.0. The van der Waals surface area contributed by atoms with E-state index in [1.165, 1.54) is 103 Å². The summed E-state index contributed by atoms with van der Waals surface area (Å²) in [6.45, 7) is 12.1. The summed E-state index contributed by atoms with van der Waals surface area (Å²) in [4.78, 5) is 65.9. The molecule has 4 atom stereocenters. The number of ether oxygens (including phenoxy) is 3. The summed E-state index contributed by atoms with van der Waals surface area (Å²) >= 11 is 4.42. The number of esters is 3. The molecule has 13 nitrogen and oxygen atoms in total. The first-order chi connectivity index (χ1) is 36.0. The van der Waals surface area contributed by atoms with Gasteiger partial charge in [-0.1, -0.05) is 182 Å². The molecule has 0 saturated heterocycles. The Bertz CT molecular complexity index is 1400. The van der Waals surface area contributed by atoms with Gasteiger partial charge in [-0.3, -0.25) is 28.9 Å². The van der Waals surface area contributed by atoms with Crippen LogP contribution >= 0.6 is 12.6 Å². The zero-order valence-corrected chi connectivity index (χ0v) is 48.7. The largest absolute Gasteiger partial charge is 0.480 e. The fraction of sp³-hybridized carbons (Fsp3) is 0.883. The summed E-state index contributed by atoms with van der Waals surface area (Å²) in [6, 6.07) is -1.42. The molecular formula is C60H112N4O9S. The smallest absolute Gasteiger partial charge is 0.322 e. The lowest BCUT2D eigenvalue weighted by atomic mass is 9.88. The maximum atomic E-state index is 13.2. The molecule has 1 amide bonds. The number of hydrogen-bond acceptors (Lipinski definition) is 12. The van der Waals surface area contributed by atoms with Gasteiger partial charge in [0, 0.05) is 24.4 Å². The molecule has 0 spiro atoms. The quantitative estimate of drug-likeness (QED) is 0.0168. The molecule has 74 heavy (non-hydrogen) atoms. The van der Waals surface area contributed by atoms with E-state index in [-0.39, 0.29) is 55.7 Å². The van der Waals surface area contributed by atoms with Crippen molar-refractivity contribution >= 4 is 42.4 Å². The van der Waals surface area contributed by atoms with Crippen molar-refractivity contribution in [2.24, 2.45) is 17.6 Å². The molecular weight excluding hydrogens is 953 g/mol. The number of carbonyl (C=O) groups excluding carboxylic acids is 4. The van der Waals surface area contributed by atoms with Gasteiger partial charge in [0.05, 0.1) is 31.1 Å². The second-order valence-electron chi connectivity index (χ2n) is 21.4. The van der Waals surface area contributed by atoms with Gasteiger partial charge in [0.25, 0.3) is 0 Å². The second kappa shape index (κ2) is 48.5. The molecule has 5 N–H and O–H groups in total. The van der Waals surface area contributed by atoms with Crippen LogP contribution in [0.25, 0.3) is 0 Å². The van der Waals surface area contributed by atoms with E-state index in [2.05, 4.69) is 55.9 Å². The first-order valence-electron chi connectivity index (χ1n) is 30.6. The first-order valence-corrected chi connectivity index (χ1v) is 31.2. The Hall–Kier alpha value is -2.84. The Morgan fingerprint density at radius 3 is 1.36 bits per heavy atom. The van der Waals surface area contributed by atoms with Gasteiger partial charge < -0.3 is 35.7 Å². The highest BCUT2D eigenvalue weighted by molar-refractivity contribution is 7.80. The average Bonchev–Trinajstić information content (AvgIpc) is 3.37. The minimum atomic E-state index is -0.984. The van der Waals surface area contributed by atoms with E-state index in [1.54, 1.807) is 0 Å². The molecule has 0 aromatic carbocycles. The molecule has 0 bridgehead atoms. The summed E-state index contributed by atoms with van der Waals surface area (Å²) in [7, 11) is 0. The summed E-state index contributed by atoms with van der Waals surface area (Å²) in [6.07, 6.45) is 38.2. The molecule has 0 heterocycles. The van der Waals surface area contributed by atoms with Crippen molar-refractivity contribution in [1.29, 1.82) is 0 Å². The number of nitrogens with zero attached hydrogens (tertiary/aromatic N) is 1. The van der Waals surface area contributed by atoms with Crippen molar-refractivity contribution < 1.29 is 43.3 Å². The summed E-state index contributed by atoms with van der Waals surface area (Å²) in [5, 5.41) is 15.1. The minimum Gasteiger partial charge on any atom is -0.480 e. The Kier molecular flexibility index (Phi) is 45.4. The molecule has 0 aromatic heterocycles. The number of rotatable bonds is 53. The van der Waals surface area contributed by atoms with Crippen LogP contribution in [0.1, 0.15) is 265 Å². The maximum Gasteiger partial charge on any atom is 0.322 e. The Morgan fingerprint density at radius 1 is 0.541 bits per heavy atom. The summed E-state index contributed by atoms with van der Waals surface area (Å²) < 4.78 is 17.4. The molecule has 1 aliphatic rings. The van der Waals surface area contributed by atoms with E-state index in [4.69, 9.17) is 19.9 Å².